The zero-order valence-corrected chi connectivity index (χ0v) is 28.9. The summed E-state index contributed by atoms with van der Waals surface area (Å²) >= 11 is 0. The van der Waals surface area contributed by atoms with E-state index in [-0.39, 0.29) is 0 Å². The SMILES string of the molecule is c1cc(-c2nc(-c3cccc(-c4cccc5oc6ccccc6c45)c3)nc(-c3cccc4ccccc34)n2)cc(-c2cccc3oc4ccccc4c23)c1. The molecule has 5 heteroatoms. The first kappa shape index (κ1) is 30.3. The van der Waals surface area contributed by atoms with Gasteiger partial charge in [0.1, 0.15) is 22.3 Å². The highest BCUT2D eigenvalue weighted by Gasteiger charge is 2.18. The van der Waals surface area contributed by atoms with E-state index in [1.165, 1.54) is 0 Å². The van der Waals surface area contributed by atoms with Crippen molar-refractivity contribution >= 4 is 54.6 Å². The lowest BCUT2D eigenvalue weighted by Crippen LogP contribution is -2.01. The van der Waals surface area contributed by atoms with Gasteiger partial charge in [-0.3, -0.25) is 0 Å². The number of hydrogen-bond donors (Lipinski definition) is 0. The Kier molecular flexibility index (Phi) is 6.79. The highest BCUT2D eigenvalue weighted by molar-refractivity contribution is 6.13. The van der Waals surface area contributed by atoms with E-state index in [2.05, 4.69) is 127 Å². The number of fused-ring (bicyclic) bond motifs is 7. The first-order chi connectivity index (χ1) is 26.7. The summed E-state index contributed by atoms with van der Waals surface area (Å²) in [5, 5.41) is 6.58. The Balaban J connectivity index is 1.10. The molecule has 0 N–H and O–H groups in total. The molecule has 0 fully saturated rings. The Hall–Kier alpha value is -7.37. The molecule has 3 aromatic heterocycles. The van der Waals surface area contributed by atoms with Gasteiger partial charge in [0.05, 0.1) is 0 Å². The molecule has 0 aliphatic heterocycles. The van der Waals surface area contributed by atoms with Crippen LogP contribution >= 0.6 is 0 Å². The molecule has 0 aliphatic carbocycles. The first-order valence-electron chi connectivity index (χ1n) is 18.0. The van der Waals surface area contributed by atoms with Crippen molar-refractivity contribution in [2.75, 3.05) is 0 Å². The Morgan fingerprint density at radius 2 is 0.704 bits per heavy atom. The van der Waals surface area contributed by atoms with Crippen molar-refractivity contribution in [3.8, 4) is 56.4 Å². The van der Waals surface area contributed by atoms with Crippen LogP contribution in [-0.2, 0) is 0 Å². The number of furan rings is 2. The molecule has 0 radical (unpaired) electrons. The van der Waals surface area contributed by atoms with E-state index >= 15 is 0 Å². The van der Waals surface area contributed by atoms with Crippen molar-refractivity contribution in [3.05, 3.63) is 176 Å². The second-order valence-corrected chi connectivity index (χ2v) is 13.5. The number of hydrogen-bond acceptors (Lipinski definition) is 5. The molecule has 11 aromatic rings. The zero-order valence-electron chi connectivity index (χ0n) is 28.9. The van der Waals surface area contributed by atoms with Crippen LogP contribution in [0, 0.1) is 0 Å². The fourth-order valence-electron chi connectivity index (χ4n) is 7.86. The maximum Gasteiger partial charge on any atom is 0.164 e. The highest BCUT2D eigenvalue weighted by Crippen LogP contribution is 2.40. The summed E-state index contributed by atoms with van der Waals surface area (Å²) in [5.74, 6) is 1.82. The average Bonchev–Trinajstić information content (AvgIpc) is 3.82. The van der Waals surface area contributed by atoms with Crippen LogP contribution in [0.1, 0.15) is 0 Å². The number of rotatable bonds is 5. The minimum Gasteiger partial charge on any atom is -0.456 e. The van der Waals surface area contributed by atoms with E-state index in [0.717, 1.165) is 93.6 Å². The van der Waals surface area contributed by atoms with Crippen molar-refractivity contribution < 1.29 is 8.83 Å². The molecule has 54 heavy (non-hydrogen) atoms. The van der Waals surface area contributed by atoms with E-state index < -0.39 is 0 Å². The number of para-hydroxylation sites is 2. The Morgan fingerprint density at radius 1 is 0.296 bits per heavy atom. The third-order valence-corrected chi connectivity index (χ3v) is 10.3. The average molecular weight is 692 g/mol. The molecule has 0 bridgehead atoms. The fraction of sp³-hybridized carbons (Fsp3) is 0. The highest BCUT2D eigenvalue weighted by atomic mass is 16.3. The standard InChI is InChI=1S/C49H29N3O2/c1-2-18-35-30(12-1)13-9-23-38(35)49-51-47(33-16-7-14-31(28-33)36-21-10-26-43-45(36)39-19-3-5-24-41(39)53-43)50-48(52-49)34-17-8-15-32(29-34)37-22-11-27-44-46(37)40-20-4-6-25-42(40)54-44/h1-29H. The van der Waals surface area contributed by atoms with Gasteiger partial charge in [-0.25, -0.2) is 15.0 Å². The van der Waals surface area contributed by atoms with Crippen LogP contribution in [0.25, 0.3) is 111 Å². The maximum absolute atomic E-state index is 6.24. The van der Waals surface area contributed by atoms with Crippen LogP contribution in [0.2, 0.25) is 0 Å². The summed E-state index contributed by atoms with van der Waals surface area (Å²) in [6, 6.07) is 60.4. The van der Waals surface area contributed by atoms with Gasteiger partial charge in [-0.2, -0.15) is 0 Å². The molecule has 5 nitrogen and oxygen atoms in total. The minimum atomic E-state index is 0.599. The van der Waals surface area contributed by atoms with Crippen molar-refractivity contribution in [1.29, 1.82) is 0 Å². The largest absolute Gasteiger partial charge is 0.456 e. The van der Waals surface area contributed by atoms with E-state index in [1.807, 2.05) is 48.5 Å². The van der Waals surface area contributed by atoms with Crippen LogP contribution in [0.4, 0.5) is 0 Å². The second kappa shape index (κ2) is 12.1. The van der Waals surface area contributed by atoms with Crippen molar-refractivity contribution in [1.82, 2.24) is 15.0 Å². The molecule has 0 saturated heterocycles. The molecule has 0 aliphatic rings. The van der Waals surface area contributed by atoms with Crippen LogP contribution in [0.3, 0.4) is 0 Å². The molecule has 0 spiro atoms. The van der Waals surface area contributed by atoms with E-state index in [9.17, 15) is 0 Å². The zero-order chi connectivity index (χ0) is 35.6. The topological polar surface area (TPSA) is 65.0 Å². The monoisotopic (exact) mass is 691 g/mol. The lowest BCUT2D eigenvalue weighted by molar-refractivity contribution is 0.668. The third-order valence-electron chi connectivity index (χ3n) is 10.3. The molecule has 3 heterocycles. The van der Waals surface area contributed by atoms with Crippen molar-refractivity contribution in [3.63, 3.8) is 0 Å². The number of benzene rings is 8. The van der Waals surface area contributed by atoms with Crippen LogP contribution in [0.5, 0.6) is 0 Å². The number of aromatic nitrogens is 3. The summed E-state index contributed by atoms with van der Waals surface area (Å²) in [6.07, 6.45) is 0. The maximum atomic E-state index is 6.24. The van der Waals surface area contributed by atoms with E-state index in [1.54, 1.807) is 0 Å². The van der Waals surface area contributed by atoms with Gasteiger partial charge in [-0.1, -0.05) is 140 Å². The lowest BCUT2D eigenvalue weighted by atomic mass is 9.97. The van der Waals surface area contributed by atoms with Crippen LogP contribution < -0.4 is 0 Å². The normalized spacial score (nSPS) is 11.7. The number of nitrogens with zero attached hydrogens (tertiary/aromatic N) is 3. The molecule has 0 unspecified atom stereocenters. The van der Waals surface area contributed by atoms with Gasteiger partial charge < -0.3 is 8.83 Å². The van der Waals surface area contributed by atoms with Gasteiger partial charge in [0, 0.05) is 38.2 Å². The van der Waals surface area contributed by atoms with Crippen LogP contribution in [-0.4, -0.2) is 15.0 Å². The quantitative estimate of drug-likeness (QED) is 0.180. The summed E-state index contributed by atoms with van der Waals surface area (Å²) in [6.45, 7) is 0. The molecular formula is C49H29N3O2. The molecule has 252 valence electrons. The molecule has 8 aromatic carbocycles. The van der Waals surface area contributed by atoms with Crippen molar-refractivity contribution in [2.45, 2.75) is 0 Å². The summed E-state index contributed by atoms with van der Waals surface area (Å²) < 4.78 is 12.5. The molecule has 0 atom stereocenters. The Bertz CT molecular complexity index is 3070. The Morgan fingerprint density at radius 3 is 1.30 bits per heavy atom. The van der Waals surface area contributed by atoms with Gasteiger partial charge in [0.25, 0.3) is 0 Å². The van der Waals surface area contributed by atoms with Crippen molar-refractivity contribution in [2.24, 2.45) is 0 Å². The molecule has 0 amide bonds. The van der Waals surface area contributed by atoms with Gasteiger partial charge in [0.2, 0.25) is 0 Å². The minimum absolute atomic E-state index is 0.599. The summed E-state index contributed by atoms with van der Waals surface area (Å²) in [5.41, 5.74) is 10.5. The molecule has 11 rings (SSSR count). The Labute approximate surface area is 309 Å². The van der Waals surface area contributed by atoms with Crippen LogP contribution in [0.15, 0.2) is 185 Å². The second-order valence-electron chi connectivity index (χ2n) is 13.5. The van der Waals surface area contributed by atoms with Gasteiger partial charge in [-0.05, 0) is 69.4 Å². The van der Waals surface area contributed by atoms with E-state index in [4.69, 9.17) is 23.8 Å². The van der Waals surface area contributed by atoms with Gasteiger partial charge >= 0.3 is 0 Å². The summed E-state index contributed by atoms with van der Waals surface area (Å²) in [4.78, 5) is 15.6. The molecule has 0 saturated carbocycles. The third kappa shape index (κ3) is 4.90. The van der Waals surface area contributed by atoms with E-state index in [0.29, 0.717) is 17.5 Å². The fourth-order valence-corrected chi connectivity index (χ4v) is 7.86. The predicted octanol–water partition coefficient (Wildman–Crippen LogP) is 13.2. The van der Waals surface area contributed by atoms with Gasteiger partial charge in [-0.15, -0.1) is 0 Å². The lowest BCUT2D eigenvalue weighted by Gasteiger charge is -2.12. The van der Waals surface area contributed by atoms with Gasteiger partial charge in [0.15, 0.2) is 17.5 Å². The first-order valence-corrected chi connectivity index (χ1v) is 18.0. The predicted molar refractivity (Wildman–Crippen MR) is 219 cm³/mol. The summed E-state index contributed by atoms with van der Waals surface area (Å²) in [7, 11) is 0. The molecular weight excluding hydrogens is 663 g/mol. The smallest absolute Gasteiger partial charge is 0.164 e.